The minimum absolute atomic E-state index is 0.117. The topological polar surface area (TPSA) is 57.9 Å². The number of aryl methyl sites for hydroxylation is 1. The van der Waals surface area contributed by atoms with Crippen molar-refractivity contribution >= 4 is 34.2 Å². The molecule has 0 aliphatic rings. The van der Waals surface area contributed by atoms with E-state index in [-0.39, 0.29) is 17.8 Å². The van der Waals surface area contributed by atoms with Crippen molar-refractivity contribution in [3.05, 3.63) is 92.3 Å². The van der Waals surface area contributed by atoms with Crippen LogP contribution in [0.3, 0.4) is 0 Å². The molecule has 0 radical (unpaired) electrons. The molecular weight excluding hydrogens is 451 g/mol. The van der Waals surface area contributed by atoms with Crippen molar-refractivity contribution in [2.75, 3.05) is 6.61 Å². The van der Waals surface area contributed by atoms with Crippen molar-refractivity contribution in [2.45, 2.75) is 20.5 Å². The summed E-state index contributed by atoms with van der Waals surface area (Å²) in [5, 5.41) is 1.47. The van der Waals surface area contributed by atoms with Gasteiger partial charge in [-0.15, -0.1) is 0 Å². The van der Waals surface area contributed by atoms with Gasteiger partial charge in [-0.25, -0.2) is 0 Å². The van der Waals surface area contributed by atoms with Gasteiger partial charge in [0.05, 0.1) is 12.0 Å². The Morgan fingerprint density at radius 2 is 1.72 bits per heavy atom. The molecule has 7 heteroatoms. The fourth-order valence-electron chi connectivity index (χ4n) is 3.20. The van der Waals surface area contributed by atoms with Gasteiger partial charge in [-0.2, -0.15) is 0 Å². The fourth-order valence-corrected chi connectivity index (χ4v) is 3.66. The predicted octanol–water partition coefficient (Wildman–Crippen LogP) is 7.18. The largest absolute Gasteiger partial charge is 0.490 e. The van der Waals surface area contributed by atoms with E-state index in [0.29, 0.717) is 50.6 Å². The third-order valence-electron chi connectivity index (χ3n) is 4.76. The fraction of sp³-hybridized carbons (Fsp3) is 0.160. The van der Waals surface area contributed by atoms with Crippen LogP contribution in [0.5, 0.6) is 23.0 Å². The third-order valence-corrected chi connectivity index (χ3v) is 5.34. The Labute approximate surface area is 195 Å². The summed E-state index contributed by atoms with van der Waals surface area (Å²) in [6.45, 7) is 4.29. The average molecular weight is 471 g/mol. The number of ether oxygens (including phenoxy) is 3. The highest BCUT2D eigenvalue weighted by atomic mass is 35.5. The van der Waals surface area contributed by atoms with E-state index in [1.165, 1.54) is 0 Å². The maximum atomic E-state index is 13.1. The zero-order valence-corrected chi connectivity index (χ0v) is 19.0. The molecule has 0 unspecified atom stereocenters. The van der Waals surface area contributed by atoms with Gasteiger partial charge < -0.3 is 18.6 Å². The molecule has 3 aromatic carbocycles. The van der Waals surface area contributed by atoms with Crippen LogP contribution in [-0.4, -0.2) is 6.61 Å². The summed E-state index contributed by atoms with van der Waals surface area (Å²) in [6.07, 6.45) is 0. The van der Waals surface area contributed by atoms with E-state index in [2.05, 4.69) is 0 Å². The SMILES string of the molecule is CCOc1ccccc1Oc1c(C)oc2cc(OCc3ccc(Cl)cc3Cl)ccc2c1=O. The van der Waals surface area contributed by atoms with Crippen LogP contribution in [0.1, 0.15) is 18.2 Å². The van der Waals surface area contributed by atoms with Crippen molar-refractivity contribution in [1.29, 1.82) is 0 Å². The van der Waals surface area contributed by atoms with Crippen molar-refractivity contribution < 1.29 is 18.6 Å². The maximum absolute atomic E-state index is 13.1. The number of benzene rings is 3. The zero-order valence-electron chi connectivity index (χ0n) is 17.5. The molecule has 0 N–H and O–H groups in total. The highest BCUT2D eigenvalue weighted by Gasteiger charge is 2.16. The van der Waals surface area contributed by atoms with Crippen LogP contribution in [0.25, 0.3) is 11.0 Å². The first-order valence-corrected chi connectivity index (χ1v) is 10.8. The van der Waals surface area contributed by atoms with Gasteiger partial charge in [-0.3, -0.25) is 4.79 Å². The first-order valence-electron chi connectivity index (χ1n) is 10.00. The van der Waals surface area contributed by atoms with Crippen LogP contribution in [0.4, 0.5) is 0 Å². The Bertz CT molecular complexity index is 1330. The van der Waals surface area contributed by atoms with Crippen LogP contribution >= 0.6 is 23.2 Å². The lowest BCUT2D eigenvalue weighted by atomic mass is 10.2. The molecule has 0 fully saturated rings. The summed E-state index contributed by atoms with van der Waals surface area (Å²) >= 11 is 12.1. The Morgan fingerprint density at radius 3 is 2.47 bits per heavy atom. The smallest absolute Gasteiger partial charge is 0.235 e. The van der Waals surface area contributed by atoms with Gasteiger partial charge >= 0.3 is 0 Å². The molecule has 4 rings (SSSR count). The Morgan fingerprint density at radius 1 is 0.938 bits per heavy atom. The number of fused-ring (bicyclic) bond motifs is 1. The van der Waals surface area contributed by atoms with Crippen molar-refractivity contribution in [3.8, 4) is 23.0 Å². The number of hydrogen-bond acceptors (Lipinski definition) is 5. The van der Waals surface area contributed by atoms with E-state index in [4.69, 9.17) is 41.8 Å². The van der Waals surface area contributed by atoms with E-state index in [1.807, 2.05) is 19.1 Å². The van der Waals surface area contributed by atoms with Crippen molar-refractivity contribution in [1.82, 2.24) is 0 Å². The van der Waals surface area contributed by atoms with E-state index < -0.39 is 0 Å². The monoisotopic (exact) mass is 470 g/mol. The van der Waals surface area contributed by atoms with Crippen LogP contribution in [0.2, 0.25) is 10.0 Å². The minimum atomic E-state index is -0.276. The Balaban J connectivity index is 1.61. The second-order valence-electron chi connectivity index (χ2n) is 6.98. The summed E-state index contributed by atoms with van der Waals surface area (Å²) in [6, 6.07) is 17.4. The lowest BCUT2D eigenvalue weighted by molar-refractivity contribution is 0.306. The molecule has 0 spiro atoms. The molecular formula is C25H20Cl2O5. The molecule has 4 aromatic rings. The molecule has 0 bridgehead atoms. The minimum Gasteiger partial charge on any atom is -0.490 e. The molecule has 1 aromatic heterocycles. The summed E-state index contributed by atoms with van der Waals surface area (Å²) in [4.78, 5) is 13.1. The van der Waals surface area contributed by atoms with Gasteiger partial charge in [0, 0.05) is 21.7 Å². The maximum Gasteiger partial charge on any atom is 0.235 e. The Hall–Kier alpha value is -3.15. The van der Waals surface area contributed by atoms with Gasteiger partial charge in [0.25, 0.3) is 0 Å². The normalized spacial score (nSPS) is 10.9. The van der Waals surface area contributed by atoms with Crippen LogP contribution in [0.15, 0.2) is 69.9 Å². The number of hydrogen-bond donors (Lipinski definition) is 0. The molecule has 32 heavy (non-hydrogen) atoms. The lowest BCUT2D eigenvalue weighted by Crippen LogP contribution is -2.08. The quantitative estimate of drug-likeness (QED) is 0.286. The second-order valence-corrected chi connectivity index (χ2v) is 7.82. The van der Waals surface area contributed by atoms with Gasteiger partial charge in [0.1, 0.15) is 23.7 Å². The average Bonchev–Trinajstić information content (AvgIpc) is 2.77. The van der Waals surface area contributed by atoms with Crippen molar-refractivity contribution in [3.63, 3.8) is 0 Å². The zero-order chi connectivity index (χ0) is 22.7. The van der Waals surface area contributed by atoms with E-state index in [1.54, 1.807) is 55.5 Å². The van der Waals surface area contributed by atoms with Gasteiger partial charge in [-0.1, -0.05) is 41.4 Å². The number of rotatable bonds is 7. The van der Waals surface area contributed by atoms with E-state index in [0.717, 1.165) is 5.56 Å². The van der Waals surface area contributed by atoms with E-state index in [9.17, 15) is 4.79 Å². The molecule has 0 aliphatic heterocycles. The summed E-state index contributed by atoms with van der Waals surface area (Å²) in [5.41, 5.74) is 0.922. The molecule has 5 nitrogen and oxygen atoms in total. The predicted molar refractivity (Wildman–Crippen MR) is 126 cm³/mol. The first kappa shape index (κ1) is 22.1. The molecule has 164 valence electrons. The summed E-state index contributed by atoms with van der Waals surface area (Å²) in [7, 11) is 0. The first-order chi connectivity index (χ1) is 15.5. The number of para-hydroxylation sites is 2. The summed E-state index contributed by atoms with van der Waals surface area (Å²) in [5.74, 6) is 2.02. The van der Waals surface area contributed by atoms with Gasteiger partial charge in [0.15, 0.2) is 11.5 Å². The van der Waals surface area contributed by atoms with Crippen LogP contribution in [-0.2, 0) is 6.61 Å². The molecule has 0 aliphatic carbocycles. The highest BCUT2D eigenvalue weighted by Crippen LogP contribution is 2.33. The molecule has 0 atom stereocenters. The lowest BCUT2D eigenvalue weighted by Gasteiger charge is -2.13. The third kappa shape index (κ3) is 4.69. The molecule has 0 saturated heterocycles. The summed E-state index contributed by atoms with van der Waals surface area (Å²) < 4.78 is 23.2. The highest BCUT2D eigenvalue weighted by molar-refractivity contribution is 6.35. The molecule has 0 amide bonds. The number of halogens is 2. The van der Waals surface area contributed by atoms with Crippen LogP contribution < -0.4 is 19.6 Å². The van der Waals surface area contributed by atoms with Gasteiger partial charge in [0.2, 0.25) is 11.2 Å². The molecule has 1 heterocycles. The van der Waals surface area contributed by atoms with Gasteiger partial charge in [-0.05, 0) is 50.2 Å². The second kappa shape index (κ2) is 9.55. The standard InChI is InChI=1S/C25H20Cl2O5/c1-3-29-21-6-4-5-7-22(21)32-25-15(2)31-23-13-18(10-11-19(23)24(25)28)30-14-16-8-9-17(26)12-20(16)27/h4-13H,3,14H2,1-2H3. The molecule has 0 saturated carbocycles. The van der Waals surface area contributed by atoms with Crippen molar-refractivity contribution in [2.24, 2.45) is 0 Å². The van der Waals surface area contributed by atoms with E-state index >= 15 is 0 Å². The Kier molecular flexibility index (Phi) is 6.58. The van der Waals surface area contributed by atoms with Crippen LogP contribution in [0, 0.1) is 6.92 Å².